The Morgan fingerprint density at radius 1 is 0.800 bits per heavy atom. The molecule has 40 heavy (non-hydrogen) atoms. The van der Waals surface area contributed by atoms with E-state index in [0.717, 1.165) is 19.3 Å². The third-order valence-corrected chi connectivity index (χ3v) is 9.23. The first kappa shape index (κ1) is 28.2. The molecule has 1 atom stereocenters. The molecule has 0 aromatic heterocycles. The zero-order valence-corrected chi connectivity index (χ0v) is 25.7. The highest BCUT2D eigenvalue weighted by atomic mass is 14.4. The lowest BCUT2D eigenvalue weighted by molar-refractivity contribution is 0.658. The minimum Gasteiger partial charge on any atom is -0.0716 e. The molecule has 0 fully saturated rings. The average molecular weight is 527 g/mol. The lowest BCUT2D eigenvalue weighted by Gasteiger charge is -2.24. The Labute approximate surface area is 243 Å². The number of rotatable bonds is 9. The van der Waals surface area contributed by atoms with Crippen LogP contribution >= 0.6 is 0 Å². The molecule has 4 aromatic rings. The van der Waals surface area contributed by atoms with Gasteiger partial charge in [0.15, 0.2) is 0 Å². The lowest BCUT2D eigenvalue weighted by Crippen LogP contribution is -2.15. The lowest BCUT2D eigenvalue weighted by atomic mass is 9.80. The molecule has 0 heteroatoms. The van der Waals surface area contributed by atoms with Gasteiger partial charge in [-0.3, -0.25) is 0 Å². The molecule has 0 bridgehead atoms. The summed E-state index contributed by atoms with van der Waals surface area (Å²) in [5.41, 5.74) is 17.1. The van der Waals surface area contributed by atoms with Crippen LogP contribution in [0.3, 0.4) is 0 Å². The Morgan fingerprint density at radius 3 is 2.25 bits per heavy atom. The van der Waals surface area contributed by atoms with E-state index < -0.39 is 0 Å². The van der Waals surface area contributed by atoms with Crippen molar-refractivity contribution in [2.75, 3.05) is 0 Å². The van der Waals surface area contributed by atoms with Gasteiger partial charge < -0.3 is 0 Å². The van der Waals surface area contributed by atoms with E-state index in [0.29, 0.717) is 5.92 Å². The molecule has 0 N–H and O–H groups in total. The number of fused-ring (bicyclic) bond motifs is 3. The molecule has 206 valence electrons. The molecule has 1 aliphatic carbocycles. The van der Waals surface area contributed by atoms with Gasteiger partial charge in [-0.2, -0.15) is 0 Å². The molecule has 0 spiro atoms. The number of hydrogen-bond acceptors (Lipinski definition) is 0. The Morgan fingerprint density at radius 2 is 1.52 bits per heavy atom. The van der Waals surface area contributed by atoms with Crippen molar-refractivity contribution in [1.29, 1.82) is 0 Å². The molecule has 0 saturated heterocycles. The van der Waals surface area contributed by atoms with Crippen LogP contribution in [0.2, 0.25) is 0 Å². The zero-order chi connectivity index (χ0) is 28.4. The molecule has 4 aromatic carbocycles. The molecule has 0 nitrogen and oxygen atoms in total. The Hall–Kier alpha value is -3.38. The topological polar surface area (TPSA) is 0 Å². The van der Waals surface area contributed by atoms with Crippen molar-refractivity contribution in [1.82, 2.24) is 0 Å². The second-order valence-electron chi connectivity index (χ2n) is 12.5. The number of unbranched alkanes of at least 4 members (excludes halogenated alkanes) is 1. The number of aryl methyl sites for hydroxylation is 3. The van der Waals surface area contributed by atoms with Crippen molar-refractivity contribution in [2.24, 2.45) is 0 Å². The first-order chi connectivity index (χ1) is 19.3. The van der Waals surface area contributed by atoms with E-state index in [-0.39, 0.29) is 5.41 Å². The van der Waals surface area contributed by atoms with Gasteiger partial charge in [0.1, 0.15) is 0 Å². The summed E-state index contributed by atoms with van der Waals surface area (Å²) in [6.07, 6.45) is 8.14. The second kappa shape index (κ2) is 11.6. The average Bonchev–Trinajstić information content (AvgIpc) is 3.17. The van der Waals surface area contributed by atoms with Crippen LogP contribution in [0.4, 0.5) is 0 Å². The normalized spacial score (nSPS) is 14.6. The number of allylic oxidation sites excluding steroid dienone is 1. The Kier molecular flexibility index (Phi) is 8.18. The highest BCUT2D eigenvalue weighted by molar-refractivity contribution is 5.88. The first-order valence-electron chi connectivity index (χ1n) is 15.4. The highest BCUT2D eigenvalue weighted by Crippen LogP contribution is 2.50. The summed E-state index contributed by atoms with van der Waals surface area (Å²) in [5, 5.41) is 0. The molecule has 0 radical (unpaired) electrons. The fourth-order valence-electron chi connectivity index (χ4n) is 6.98. The molecule has 0 saturated carbocycles. The summed E-state index contributed by atoms with van der Waals surface area (Å²) in [4.78, 5) is 0. The minimum atomic E-state index is 0.0202. The van der Waals surface area contributed by atoms with Crippen LogP contribution in [0.1, 0.15) is 110 Å². The quantitative estimate of drug-likeness (QED) is 0.203. The summed E-state index contributed by atoms with van der Waals surface area (Å²) in [5.74, 6) is 0.558. The number of benzene rings is 4. The fourth-order valence-corrected chi connectivity index (χ4v) is 6.98. The van der Waals surface area contributed by atoms with Crippen LogP contribution < -0.4 is 0 Å². The van der Waals surface area contributed by atoms with Crippen LogP contribution in [0.5, 0.6) is 0 Å². The third kappa shape index (κ3) is 5.22. The summed E-state index contributed by atoms with van der Waals surface area (Å²) >= 11 is 0. The van der Waals surface area contributed by atoms with Crippen LogP contribution in [0, 0.1) is 13.8 Å². The summed E-state index contributed by atoms with van der Waals surface area (Å²) < 4.78 is 0. The van der Waals surface area contributed by atoms with Crippen LogP contribution in [0.25, 0.3) is 16.7 Å². The van der Waals surface area contributed by atoms with Gasteiger partial charge in [-0.25, -0.2) is 0 Å². The predicted molar refractivity (Wildman–Crippen MR) is 174 cm³/mol. The molecule has 0 amide bonds. The second-order valence-corrected chi connectivity index (χ2v) is 12.5. The third-order valence-electron chi connectivity index (χ3n) is 9.23. The minimum absolute atomic E-state index is 0.0202. The van der Waals surface area contributed by atoms with E-state index in [1.54, 1.807) is 0 Å². The monoisotopic (exact) mass is 526 g/mol. The van der Waals surface area contributed by atoms with E-state index in [4.69, 9.17) is 0 Å². The molecule has 5 rings (SSSR count). The molecule has 1 aliphatic rings. The maximum absolute atomic E-state index is 2.55. The van der Waals surface area contributed by atoms with E-state index in [1.807, 2.05) is 0 Å². The van der Waals surface area contributed by atoms with Gasteiger partial charge in [-0.1, -0.05) is 125 Å². The van der Waals surface area contributed by atoms with Gasteiger partial charge in [0.05, 0.1) is 0 Å². The smallest absolute Gasteiger partial charge is 0.0158 e. The summed E-state index contributed by atoms with van der Waals surface area (Å²) in [7, 11) is 0. The van der Waals surface area contributed by atoms with E-state index in [2.05, 4.69) is 133 Å². The largest absolute Gasteiger partial charge is 0.0716 e. The van der Waals surface area contributed by atoms with Crippen molar-refractivity contribution in [2.45, 2.75) is 91.9 Å². The van der Waals surface area contributed by atoms with Gasteiger partial charge in [-0.15, -0.1) is 0 Å². The van der Waals surface area contributed by atoms with Gasteiger partial charge >= 0.3 is 0 Å². The first-order valence-corrected chi connectivity index (χ1v) is 15.4. The molecular weight excluding hydrogens is 480 g/mol. The van der Waals surface area contributed by atoms with Crippen molar-refractivity contribution >= 4 is 5.57 Å². The standard InChI is InChI=1S/C40H46/c1-8-10-16-31-25-38-36(34-19-14-15-20-37(34)40(38,6)7)26-35(31)33(30-17-12-11-13-18-30)22-21-32-24-27(3)23-29(5)39(32)28(4)9-2/h11-15,17-20,22-26,28H,8-10,16,21H2,1-7H3/b33-22-/t28-/m1/s1. The van der Waals surface area contributed by atoms with Crippen molar-refractivity contribution < 1.29 is 0 Å². The SMILES string of the molecule is CCCCc1cc2c(cc1/C(=C\Cc1cc(C)cc(C)c1[C@H](C)CC)c1ccccc1)-c1ccccc1C2(C)C. The van der Waals surface area contributed by atoms with Crippen LogP contribution in [-0.2, 0) is 18.3 Å². The van der Waals surface area contributed by atoms with Crippen molar-refractivity contribution in [3.05, 3.63) is 135 Å². The molecular formula is C40H46. The van der Waals surface area contributed by atoms with E-state index in [1.165, 1.54) is 79.6 Å². The fraction of sp³-hybridized carbons (Fsp3) is 0.350. The molecule has 0 heterocycles. The maximum Gasteiger partial charge on any atom is 0.0158 e. The van der Waals surface area contributed by atoms with E-state index >= 15 is 0 Å². The molecule has 0 unspecified atom stereocenters. The summed E-state index contributed by atoms with van der Waals surface area (Å²) in [6, 6.07) is 30.0. The van der Waals surface area contributed by atoms with Crippen molar-refractivity contribution in [3.8, 4) is 11.1 Å². The van der Waals surface area contributed by atoms with Gasteiger partial charge in [0.25, 0.3) is 0 Å². The van der Waals surface area contributed by atoms with E-state index in [9.17, 15) is 0 Å². The van der Waals surface area contributed by atoms with Crippen LogP contribution in [0.15, 0.2) is 84.9 Å². The zero-order valence-electron chi connectivity index (χ0n) is 25.7. The highest BCUT2D eigenvalue weighted by Gasteiger charge is 2.36. The maximum atomic E-state index is 2.55. The predicted octanol–water partition coefficient (Wildman–Crippen LogP) is 11.1. The summed E-state index contributed by atoms with van der Waals surface area (Å²) in [6.45, 7) is 16.3. The molecule has 0 aliphatic heterocycles. The van der Waals surface area contributed by atoms with Crippen molar-refractivity contribution in [3.63, 3.8) is 0 Å². The Bertz CT molecular complexity index is 1530. The van der Waals surface area contributed by atoms with Gasteiger partial charge in [0, 0.05) is 5.41 Å². The van der Waals surface area contributed by atoms with Gasteiger partial charge in [-0.05, 0) is 113 Å². The number of hydrogen-bond donors (Lipinski definition) is 0. The van der Waals surface area contributed by atoms with Crippen LogP contribution in [-0.4, -0.2) is 0 Å². The van der Waals surface area contributed by atoms with Gasteiger partial charge in [0.2, 0.25) is 0 Å². The Balaban J connectivity index is 1.72.